The lowest BCUT2D eigenvalue weighted by Crippen LogP contribution is -2.46. The molecule has 7 nitrogen and oxygen atoms in total. The van der Waals surface area contributed by atoms with Crippen molar-refractivity contribution in [3.8, 4) is 0 Å². The number of nitrogens with one attached hydrogen (secondary N) is 2. The fourth-order valence-electron chi connectivity index (χ4n) is 2.82. The zero-order valence-electron chi connectivity index (χ0n) is 13.2. The molecule has 0 bridgehead atoms. The first-order valence-electron chi connectivity index (χ1n) is 7.65. The second-order valence-corrected chi connectivity index (χ2v) is 8.96. The molecular weight excluding hydrogens is 350 g/mol. The lowest BCUT2D eigenvalue weighted by Gasteiger charge is -2.30. The van der Waals surface area contributed by atoms with Crippen molar-refractivity contribution < 1.29 is 18.0 Å². The number of carbonyl (C=O) groups is 2. The zero-order chi connectivity index (χ0) is 17.3. The van der Waals surface area contributed by atoms with Crippen LogP contribution < -0.4 is 10.6 Å². The van der Waals surface area contributed by atoms with Gasteiger partial charge >= 0.3 is 0 Å². The Bertz CT molecular complexity index is 771. The van der Waals surface area contributed by atoms with Gasteiger partial charge in [-0.2, -0.15) is 0 Å². The molecule has 2 amide bonds. The predicted molar refractivity (Wildman–Crippen MR) is 92.7 cm³/mol. The summed E-state index contributed by atoms with van der Waals surface area (Å²) in [5.74, 6) is 0.107. The summed E-state index contributed by atoms with van der Waals surface area (Å²) < 4.78 is 24.4. The van der Waals surface area contributed by atoms with Gasteiger partial charge in [0.15, 0.2) is 0 Å². The van der Waals surface area contributed by atoms with Gasteiger partial charge in [0.2, 0.25) is 15.9 Å². The summed E-state index contributed by atoms with van der Waals surface area (Å²) in [5, 5.41) is 5.71. The fourth-order valence-corrected chi connectivity index (χ4v) is 4.49. The van der Waals surface area contributed by atoms with Crippen LogP contribution in [0, 0.1) is 0 Å². The molecule has 9 heteroatoms. The van der Waals surface area contributed by atoms with E-state index in [4.69, 9.17) is 0 Å². The van der Waals surface area contributed by atoms with E-state index < -0.39 is 10.0 Å². The van der Waals surface area contributed by atoms with Crippen LogP contribution in [0.15, 0.2) is 23.1 Å². The second kappa shape index (κ2) is 6.73. The first-order valence-corrected chi connectivity index (χ1v) is 10.5. The average Bonchev–Trinajstić information content (AvgIpc) is 2.53. The highest BCUT2D eigenvalue weighted by Gasteiger charge is 2.26. The second-order valence-electron chi connectivity index (χ2n) is 5.96. The van der Waals surface area contributed by atoms with Crippen molar-refractivity contribution in [2.24, 2.45) is 0 Å². The van der Waals surface area contributed by atoms with Crippen molar-refractivity contribution in [3.63, 3.8) is 0 Å². The van der Waals surface area contributed by atoms with Gasteiger partial charge in [0.25, 0.3) is 5.91 Å². The number of anilines is 1. The molecule has 1 fully saturated rings. The number of thioether (sulfide) groups is 1. The molecule has 0 unspecified atom stereocenters. The van der Waals surface area contributed by atoms with Gasteiger partial charge < -0.3 is 10.6 Å². The van der Waals surface area contributed by atoms with E-state index in [1.54, 1.807) is 12.1 Å². The number of fused-ring (bicyclic) bond motifs is 1. The molecule has 1 aromatic carbocycles. The minimum atomic E-state index is -3.17. The Morgan fingerprint density at radius 3 is 2.71 bits per heavy atom. The van der Waals surface area contributed by atoms with Gasteiger partial charge in [0.1, 0.15) is 0 Å². The number of benzene rings is 1. The Labute approximate surface area is 145 Å². The minimum absolute atomic E-state index is 0.0458. The minimum Gasteiger partial charge on any atom is -0.349 e. The standard InChI is InChI=1S/C15H19N3O4S2/c1-24(21,22)18-6-4-11(5-7-18)16-15(20)10-2-3-13-12(8-10)17-14(19)9-23-13/h2-3,8,11H,4-7,9H2,1H3,(H,16,20)(H,17,19). The molecule has 0 atom stereocenters. The van der Waals surface area contributed by atoms with Crippen molar-refractivity contribution >= 4 is 39.3 Å². The van der Waals surface area contributed by atoms with Gasteiger partial charge in [-0.3, -0.25) is 9.59 Å². The van der Waals surface area contributed by atoms with Gasteiger partial charge in [-0.25, -0.2) is 12.7 Å². The molecule has 130 valence electrons. The average molecular weight is 369 g/mol. The topological polar surface area (TPSA) is 95.6 Å². The molecule has 3 rings (SSSR count). The number of carbonyl (C=O) groups excluding carboxylic acids is 2. The maximum Gasteiger partial charge on any atom is 0.251 e. The van der Waals surface area contributed by atoms with Crippen LogP contribution in [0.1, 0.15) is 23.2 Å². The number of nitrogens with zero attached hydrogens (tertiary/aromatic N) is 1. The molecule has 1 aromatic rings. The van der Waals surface area contributed by atoms with Gasteiger partial charge in [-0.1, -0.05) is 0 Å². The van der Waals surface area contributed by atoms with Crippen LogP contribution in [0.5, 0.6) is 0 Å². The van der Waals surface area contributed by atoms with E-state index in [0.29, 0.717) is 42.9 Å². The van der Waals surface area contributed by atoms with E-state index in [0.717, 1.165) is 4.90 Å². The predicted octanol–water partition coefficient (Wildman–Crippen LogP) is 0.885. The number of amides is 2. The van der Waals surface area contributed by atoms with E-state index in [1.807, 2.05) is 6.07 Å². The highest BCUT2D eigenvalue weighted by atomic mass is 32.2. The van der Waals surface area contributed by atoms with Crippen LogP contribution >= 0.6 is 11.8 Å². The third kappa shape index (κ3) is 3.90. The fraction of sp³-hybridized carbons (Fsp3) is 0.467. The van der Waals surface area contributed by atoms with Crippen LogP contribution in [0.4, 0.5) is 5.69 Å². The van der Waals surface area contributed by atoms with Gasteiger partial charge in [0, 0.05) is 29.6 Å². The third-order valence-corrected chi connectivity index (χ3v) is 6.51. The van der Waals surface area contributed by atoms with Crippen molar-refractivity contribution in [3.05, 3.63) is 23.8 Å². The van der Waals surface area contributed by atoms with Crippen molar-refractivity contribution in [2.45, 2.75) is 23.8 Å². The van der Waals surface area contributed by atoms with E-state index in [1.165, 1.54) is 22.3 Å². The Hall–Kier alpha value is -1.58. The molecule has 0 spiro atoms. The lowest BCUT2D eigenvalue weighted by molar-refractivity contribution is -0.113. The Balaban J connectivity index is 1.62. The maximum atomic E-state index is 12.4. The summed E-state index contributed by atoms with van der Waals surface area (Å²) in [6.45, 7) is 0.835. The molecule has 2 heterocycles. The first-order chi connectivity index (χ1) is 11.3. The van der Waals surface area contributed by atoms with Crippen LogP contribution in [0.25, 0.3) is 0 Å². The molecule has 24 heavy (non-hydrogen) atoms. The molecule has 2 aliphatic heterocycles. The number of hydrogen-bond acceptors (Lipinski definition) is 5. The van der Waals surface area contributed by atoms with Crippen molar-refractivity contribution in [1.82, 2.24) is 9.62 Å². The summed E-state index contributed by atoms with van der Waals surface area (Å²) in [4.78, 5) is 24.8. The van der Waals surface area contributed by atoms with Gasteiger partial charge in [0.05, 0.1) is 17.7 Å². The lowest BCUT2D eigenvalue weighted by atomic mass is 10.1. The Morgan fingerprint density at radius 2 is 2.04 bits per heavy atom. The normalized spacial score (nSPS) is 19.5. The zero-order valence-corrected chi connectivity index (χ0v) is 14.9. The molecule has 0 aromatic heterocycles. The van der Waals surface area contributed by atoms with E-state index in [2.05, 4.69) is 10.6 Å². The summed E-state index contributed by atoms with van der Waals surface area (Å²) in [6.07, 6.45) is 2.39. The smallest absolute Gasteiger partial charge is 0.251 e. The quantitative estimate of drug-likeness (QED) is 0.825. The van der Waals surface area contributed by atoms with Crippen LogP contribution in [0.3, 0.4) is 0 Å². The Morgan fingerprint density at radius 1 is 1.33 bits per heavy atom. The van der Waals surface area contributed by atoms with Gasteiger partial charge in [-0.15, -0.1) is 11.8 Å². The summed E-state index contributed by atoms with van der Waals surface area (Å²) in [5.41, 5.74) is 1.15. The third-order valence-electron chi connectivity index (χ3n) is 4.13. The summed E-state index contributed by atoms with van der Waals surface area (Å²) in [7, 11) is -3.17. The van der Waals surface area contributed by atoms with Crippen molar-refractivity contribution in [1.29, 1.82) is 0 Å². The first kappa shape index (κ1) is 17.2. The van der Waals surface area contributed by atoms with Crippen LogP contribution in [0.2, 0.25) is 0 Å². The summed E-state index contributed by atoms with van der Waals surface area (Å²) in [6, 6.07) is 5.21. The van der Waals surface area contributed by atoms with Crippen LogP contribution in [-0.2, 0) is 14.8 Å². The van der Waals surface area contributed by atoms with Crippen molar-refractivity contribution in [2.75, 3.05) is 30.4 Å². The highest BCUT2D eigenvalue weighted by molar-refractivity contribution is 8.00. The Kier molecular flexibility index (Phi) is 4.84. The van der Waals surface area contributed by atoms with E-state index in [-0.39, 0.29) is 17.9 Å². The maximum absolute atomic E-state index is 12.4. The highest BCUT2D eigenvalue weighted by Crippen LogP contribution is 2.32. The number of hydrogen-bond donors (Lipinski definition) is 2. The van der Waals surface area contributed by atoms with E-state index in [9.17, 15) is 18.0 Å². The van der Waals surface area contributed by atoms with Gasteiger partial charge in [-0.05, 0) is 31.0 Å². The SMILES string of the molecule is CS(=O)(=O)N1CCC(NC(=O)c2ccc3c(c2)NC(=O)CS3)CC1. The van der Waals surface area contributed by atoms with Crippen LogP contribution in [-0.4, -0.2) is 55.7 Å². The molecule has 0 saturated carbocycles. The molecule has 0 aliphatic carbocycles. The number of sulfonamides is 1. The molecular formula is C15H19N3O4S2. The molecule has 1 saturated heterocycles. The largest absolute Gasteiger partial charge is 0.349 e. The van der Waals surface area contributed by atoms with E-state index >= 15 is 0 Å². The molecule has 2 aliphatic rings. The molecule has 0 radical (unpaired) electrons. The number of piperidine rings is 1. The summed E-state index contributed by atoms with van der Waals surface area (Å²) >= 11 is 1.45. The number of rotatable bonds is 3. The molecule has 2 N–H and O–H groups in total. The monoisotopic (exact) mass is 369 g/mol.